The van der Waals surface area contributed by atoms with Crippen molar-refractivity contribution in [2.45, 2.75) is 0 Å². The molecular weight excluding hydrogens is 258 g/mol. The van der Waals surface area contributed by atoms with Crippen molar-refractivity contribution in [1.82, 2.24) is 4.98 Å². The highest BCUT2D eigenvalue weighted by atomic mass is 16.7. The zero-order valence-electron chi connectivity index (χ0n) is 10.3. The van der Waals surface area contributed by atoms with Crippen LogP contribution in [-0.4, -0.2) is 17.7 Å². The molecule has 6 heteroatoms. The number of hydrogen-bond donors (Lipinski definition) is 1. The lowest BCUT2D eigenvalue weighted by atomic mass is 10.2. The van der Waals surface area contributed by atoms with E-state index in [1.807, 2.05) is 6.07 Å². The van der Waals surface area contributed by atoms with Gasteiger partial charge in [0.05, 0.1) is 0 Å². The second kappa shape index (κ2) is 4.90. The van der Waals surface area contributed by atoms with Crippen LogP contribution < -0.4 is 14.8 Å². The van der Waals surface area contributed by atoms with Gasteiger partial charge in [0.25, 0.3) is 5.91 Å². The Morgan fingerprint density at radius 2 is 2.10 bits per heavy atom. The Kier molecular flexibility index (Phi) is 2.94. The van der Waals surface area contributed by atoms with E-state index in [1.54, 1.807) is 24.3 Å². The monoisotopic (exact) mass is 267 g/mol. The van der Waals surface area contributed by atoms with Gasteiger partial charge < -0.3 is 14.8 Å². The van der Waals surface area contributed by atoms with E-state index in [9.17, 15) is 4.79 Å². The molecule has 0 saturated carbocycles. The number of nitrogens with one attached hydrogen (secondary N) is 1. The normalized spacial score (nSPS) is 11.8. The largest absolute Gasteiger partial charge is 0.454 e. The fourth-order valence-electron chi connectivity index (χ4n) is 1.81. The van der Waals surface area contributed by atoms with Gasteiger partial charge in [-0.3, -0.25) is 4.79 Å². The molecule has 1 aliphatic rings. The molecule has 0 spiro atoms. The number of nitrogens with zero attached hydrogens (tertiary/aromatic N) is 2. The first kappa shape index (κ1) is 12.0. The van der Waals surface area contributed by atoms with Gasteiger partial charge in [0, 0.05) is 23.5 Å². The summed E-state index contributed by atoms with van der Waals surface area (Å²) in [5.41, 5.74) is 1.16. The third-order valence-electron chi connectivity index (χ3n) is 2.77. The standard InChI is InChI=1S/C14H9N3O3/c15-7-11-5-9(3-4-16-11)14(18)17-10-1-2-12-13(6-10)20-8-19-12/h1-6H,8H2,(H,17,18). The van der Waals surface area contributed by atoms with Gasteiger partial charge in [-0.15, -0.1) is 0 Å². The van der Waals surface area contributed by atoms with E-state index in [4.69, 9.17) is 14.7 Å². The molecule has 1 amide bonds. The number of pyridine rings is 1. The van der Waals surface area contributed by atoms with Crippen LogP contribution in [0.25, 0.3) is 0 Å². The van der Waals surface area contributed by atoms with Gasteiger partial charge in [0.2, 0.25) is 6.79 Å². The van der Waals surface area contributed by atoms with Crippen molar-refractivity contribution in [3.63, 3.8) is 0 Å². The average Bonchev–Trinajstić information content (AvgIpc) is 2.95. The Bertz CT molecular complexity index is 722. The zero-order chi connectivity index (χ0) is 13.9. The number of carbonyl (C=O) groups excluding carboxylic acids is 1. The maximum absolute atomic E-state index is 12.1. The van der Waals surface area contributed by atoms with Crippen molar-refractivity contribution in [1.29, 1.82) is 5.26 Å². The van der Waals surface area contributed by atoms with Crippen molar-refractivity contribution in [3.05, 3.63) is 47.8 Å². The molecule has 6 nitrogen and oxygen atoms in total. The molecule has 0 fully saturated rings. The minimum absolute atomic E-state index is 0.183. The van der Waals surface area contributed by atoms with Crippen LogP contribution in [0, 0.1) is 11.3 Å². The lowest BCUT2D eigenvalue weighted by molar-refractivity contribution is 0.102. The summed E-state index contributed by atoms with van der Waals surface area (Å²) in [6.45, 7) is 0.183. The quantitative estimate of drug-likeness (QED) is 0.898. The fraction of sp³-hybridized carbons (Fsp3) is 0.0714. The number of amides is 1. The van der Waals surface area contributed by atoms with E-state index in [0.717, 1.165) is 0 Å². The highest BCUT2D eigenvalue weighted by molar-refractivity contribution is 6.04. The lowest BCUT2D eigenvalue weighted by Crippen LogP contribution is -2.12. The van der Waals surface area contributed by atoms with Crippen LogP contribution in [0.2, 0.25) is 0 Å². The number of benzene rings is 1. The summed E-state index contributed by atoms with van der Waals surface area (Å²) in [5, 5.41) is 11.5. The predicted octanol–water partition coefficient (Wildman–Crippen LogP) is 1.93. The number of ether oxygens (including phenoxy) is 2. The Morgan fingerprint density at radius 3 is 2.95 bits per heavy atom. The van der Waals surface area contributed by atoms with Crippen LogP contribution in [0.1, 0.15) is 16.1 Å². The highest BCUT2D eigenvalue weighted by Crippen LogP contribution is 2.34. The van der Waals surface area contributed by atoms with E-state index in [2.05, 4.69) is 10.3 Å². The van der Waals surface area contributed by atoms with E-state index < -0.39 is 0 Å². The zero-order valence-corrected chi connectivity index (χ0v) is 10.3. The van der Waals surface area contributed by atoms with Crippen LogP contribution in [-0.2, 0) is 0 Å². The number of aromatic nitrogens is 1. The van der Waals surface area contributed by atoms with E-state index >= 15 is 0 Å². The smallest absolute Gasteiger partial charge is 0.255 e. The molecule has 1 aromatic carbocycles. The molecule has 0 atom stereocenters. The molecular formula is C14H9N3O3. The second-order valence-corrected chi connectivity index (χ2v) is 4.06. The summed E-state index contributed by atoms with van der Waals surface area (Å²) >= 11 is 0. The maximum Gasteiger partial charge on any atom is 0.255 e. The van der Waals surface area contributed by atoms with Crippen molar-refractivity contribution in [2.75, 3.05) is 12.1 Å². The first-order chi connectivity index (χ1) is 9.76. The fourth-order valence-corrected chi connectivity index (χ4v) is 1.81. The Morgan fingerprint density at radius 1 is 1.25 bits per heavy atom. The average molecular weight is 267 g/mol. The molecule has 0 aliphatic carbocycles. The first-order valence-electron chi connectivity index (χ1n) is 5.83. The molecule has 98 valence electrons. The van der Waals surface area contributed by atoms with Crippen LogP contribution in [0.15, 0.2) is 36.5 Å². The SMILES string of the molecule is N#Cc1cc(C(=O)Nc2ccc3c(c2)OCO3)ccn1. The lowest BCUT2D eigenvalue weighted by Gasteiger charge is -2.06. The molecule has 1 N–H and O–H groups in total. The molecule has 2 aromatic rings. The maximum atomic E-state index is 12.1. The third kappa shape index (κ3) is 2.24. The molecule has 2 heterocycles. The molecule has 0 bridgehead atoms. The molecule has 20 heavy (non-hydrogen) atoms. The van der Waals surface area contributed by atoms with Crippen molar-refractivity contribution >= 4 is 11.6 Å². The molecule has 3 rings (SSSR count). The summed E-state index contributed by atoms with van der Waals surface area (Å²) in [6, 6.07) is 10.0. The predicted molar refractivity (Wildman–Crippen MR) is 69.5 cm³/mol. The van der Waals surface area contributed by atoms with Crippen LogP contribution >= 0.6 is 0 Å². The van der Waals surface area contributed by atoms with E-state index in [1.165, 1.54) is 12.3 Å². The van der Waals surface area contributed by atoms with Gasteiger partial charge >= 0.3 is 0 Å². The van der Waals surface area contributed by atoms with Crippen molar-refractivity contribution in [2.24, 2.45) is 0 Å². The van der Waals surface area contributed by atoms with Crippen LogP contribution in [0.5, 0.6) is 11.5 Å². The van der Waals surface area contributed by atoms with Gasteiger partial charge in [0.1, 0.15) is 11.8 Å². The Hall–Kier alpha value is -3.07. The molecule has 1 aliphatic heterocycles. The van der Waals surface area contributed by atoms with Crippen molar-refractivity contribution < 1.29 is 14.3 Å². The van der Waals surface area contributed by atoms with Gasteiger partial charge in [0.15, 0.2) is 11.5 Å². The molecule has 0 unspecified atom stereocenters. The summed E-state index contributed by atoms with van der Waals surface area (Å²) in [6.07, 6.45) is 1.42. The van der Waals surface area contributed by atoms with Gasteiger partial charge in [-0.2, -0.15) is 5.26 Å². The highest BCUT2D eigenvalue weighted by Gasteiger charge is 2.14. The second-order valence-electron chi connectivity index (χ2n) is 4.06. The third-order valence-corrected chi connectivity index (χ3v) is 2.77. The van der Waals surface area contributed by atoms with E-state index in [-0.39, 0.29) is 18.4 Å². The Balaban J connectivity index is 1.80. The number of rotatable bonds is 2. The van der Waals surface area contributed by atoms with Crippen LogP contribution in [0.3, 0.4) is 0 Å². The number of nitriles is 1. The van der Waals surface area contributed by atoms with Gasteiger partial charge in [-0.1, -0.05) is 0 Å². The number of anilines is 1. The summed E-state index contributed by atoms with van der Waals surface area (Å²) in [5.74, 6) is 0.927. The number of carbonyl (C=O) groups is 1. The van der Waals surface area contributed by atoms with Crippen molar-refractivity contribution in [3.8, 4) is 17.6 Å². The summed E-state index contributed by atoms with van der Waals surface area (Å²) in [4.78, 5) is 15.9. The van der Waals surface area contributed by atoms with Crippen LogP contribution in [0.4, 0.5) is 5.69 Å². The minimum atomic E-state index is -0.317. The minimum Gasteiger partial charge on any atom is -0.454 e. The number of fused-ring (bicyclic) bond motifs is 1. The summed E-state index contributed by atoms with van der Waals surface area (Å²) in [7, 11) is 0. The Labute approximate surface area is 114 Å². The number of hydrogen-bond acceptors (Lipinski definition) is 5. The first-order valence-corrected chi connectivity index (χ1v) is 5.83. The molecule has 1 aromatic heterocycles. The van der Waals surface area contributed by atoms with E-state index in [0.29, 0.717) is 22.7 Å². The topological polar surface area (TPSA) is 84.2 Å². The van der Waals surface area contributed by atoms with Gasteiger partial charge in [-0.25, -0.2) is 4.98 Å². The molecule has 0 saturated heterocycles. The van der Waals surface area contributed by atoms with Gasteiger partial charge in [-0.05, 0) is 24.3 Å². The molecule has 0 radical (unpaired) electrons. The summed E-state index contributed by atoms with van der Waals surface area (Å²) < 4.78 is 10.4.